The summed E-state index contributed by atoms with van der Waals surface area (Å²) >= 11 is 0. The first-order valence-corrected chi connectivity index (χ1v) is 6.10. The van der Waals surface area contributed by atoms with E-state index < -0.39 is 0 Å². The molecule has 0 spiro atoms. The van der Waals surface area contributed by atoms with Crippen LogP contribution in [0.5, 0.6) is 0 Å². The van der Waals surface area contributed by atoms with Crippen LogP contribution in [0.4, 0.5) is 0 Å². The van der Waals surface area contributed by atoms with Gasteiger partial charge in [0.05, 0.1) is 0 Å². The molecular formula is C12H25N3O. The summed E-state index contributed by atoms with van der Waals surface area (Å²) in [7, 11) is 0. The number of hydrogen-bond acceptors (Lipinski definition) is 4. The van der Waals surface area contributed by atoms with Gasteiger partial charge in [-0.25, -0.2) is 0 Å². The first kappa shape index (κ1) is 15.3. The average Bonchev–Trinajstić information content (AvgIpc) is 2.25. The van der Waals surface area contributed by atoms with Gasteiger partial charge in [0.25, 0.3) is 0 Å². The molecule has 94 valence electrons. The number of carbonyl (C=O) groups is 1. The predicted molar refractivity (Wildman–Crippen MR) is 69.3 cm³/mol. The molecule has 0 aliphatic heterocycles. The van der Waals surface area contributed by atoms with E-state index in [0.29, 0.717) is 6.42 Å². The predicted octanol–water partition coefficient (Wildman–Crippen LogP) is 1.02. The number of ketones is 1. The molecular weight excluding hydrogens is 202 g/mol. The van der Waals surface area contributed by atoms with Gasteiger partial charge >= 0.3 is 0 Å². The van der Waals surface area contributed by atoms with Crippen LogP contribution in [0.1, 0.15) is 32.6 Å². The molecule has 0 saturated heterocycles. The van der Waals surface area contributed by atoms with E-state index in [1.165, 1.54) is 6.42 Å². The minimum atomic E-state index is 0.255. The van der Waals surface area contributed by atoms with Crippen molar-refractivity contribution in [1.82, 2.24) is 10.6 Å². The number of hydrogen-bond donors (Lipinski definition) is 2. The Morgan fingerprint density at radius 1 is 1.06 bits per heavy atom. The summed E-state index contributed by atoms with van der Waals surface area (Å²) in [6.45, 7) is 9.82. The zero-order valence-corrected chi connectivity index (χ0v) is 10.4. The maximum Gasteiger partial charge on any atom is 0.131 e. The summed E-state index contributed by atoms with van der Waals surface area (Å²) < 4.78 is 0. The lowest BCUT2D eigenvalue weighted by molar-refractivity contribution is -0.116. The van der Waals surface area contributed by atoms with Gasteiger partial charge in [-0.05, 0) is 52.5 Å². The molecule has 0 aromatic heterocycles. The molecule has 0 amide bonds. The fourth-order valence-electron chi connectivity index (χ4n) is 1.33. The van der Waals surface area contributed by atoms with Crippen molar-refractivity contribution in [2.75, 3.05) is 32.7 Å². The maximum absolute atomic E-state index is 10.6. The van der Waals surface area contributed by atoms with Crippen LogP contribution >= 0.6 is 0 Å². The molecule has 0 radical (unpaired) electrons. The fourth-order valence-corrected chi connectivity index (χ4v) is 1.33. The molecule has 0 heterocycles. The quantitative estimate of drug-likeness (QED) is 0.386. The standard InChI is InChI=1S/C12H25N3O/c1-12(16)6-11-15-9-4-3-8-14-10-5-7-13-2/h14-15H,2-11H2,1H3. The van der Waals surface area contributed by atoms with Gasteiger partial charge in [-0.3, -0.25) is 4.79 Å². The van der Waals surface area contributed by atoms with Crippen molar-refractivity contribution in [2.24, 2.45) is 4.99 Å². The number of nitrogens with one attached hydrogen (secondary N) is 2. The molecule has 0 unspecified atom stereocenters. The van der Waals surface area contributed by atoms with Gasteiger partial charge in [0, 0.05) is 19.5 Å². The first-order valence-electron chi connectivity index (χ1n) is 6.10. The number of nitrogens with zero attached hydrogens (tertiary/aromatic N) is 1. The number of unbranched alkanes of at least 4 members (excludes halogenated alkanes) is 1. The molecule has 0 bridgehead atoms. The van der Waals surface area contributed by atoms with Gasteiger partial charge in [-0.1, -0.05) is 0 Å². The minimum Gasteiger partial charge on any atom is -0.317 e. The first-order chi connectivity index (χ1) is 7.77. The summed E-state index contributed by atoms with van der Waals surface area (Å²) in [6, 6.07) is 0. The lowest BCUT2D eigenvalue weighted by Gasteiger charge is -2.04. The number of aliphatic imine (C=N–C) groups is 1. The summed E-state index contributed by atoms with van der Waals surface area (Å²) in [5.74, 6) is 0.255. The van der Waals surface area contributed by atoms with Crippen LogP contribution < -0.4 is 10.6 Å². The van der Waals surface area contributed by atoms with Crippen LogP contribution in [-0.2, 0) is 4.79 Å². The third-order valence-electron chi connectivity index (χ3n) is 2.28. The Hall–Kier alpha value is -0.740. The Bertz CT molecular complexity index is 183. The highest BCUT2D eigenvalue weighted by molar-refractivity contribution is 5.75. The van der Waals surface area contributed by atoms with Gasteiger partial charge < -0.3 is 15.6 Å². The summed E-state index contributed by atoms with van der Waals surface area (Å²) in [5, 5.41) is 6.62. The molecule has 0 aliphatic carbocycles. The van der Waals surface area contributed by atoms with Gasteiger partial charge in [0.1, 0.15) is 5.78 Å². The van der Waals surface area contributed by atoms with Gasteiger partial charge in [-0.2, -0.15) is 0 Å². The van der Waals surface area contributed by atoms with E-state index in [0.717, 1.165) is 45.6 Å². The minimum absolute atomic E-state index is 0.255. The summed E-state index contributed by atoms with van der Waals surface area (Å²) in [4.78, 5) is 14.4. The molecule has 16 heavy (non-hydrogen) atoms. The zero-order valence-electron chi connectivity index (χ0n) is 10.4. The third kappa shape index (κ3) is 13.3. The largest absolute Gasteiger partial charge is 0.317 e. The van der Waals surface area contributed by atoms with Crippen LogP contribution in [0.2, 0.25) is 0 Å². The number of rotatable bonds is 12. The average molecular weight is 227 g/mol. The molecule has 0 aromatic carbocycles. The van der Waals surface area contributed by atoms with E-state index >= 15 is 0 Å². The third-order valence-corrected chi connectivity index (χ3v) is 2.28. The molecule has 2 N–H and O–H groups in total. The van der Waals surface area contributed by atoms with Crippen LogP contribution in [0, 0.1) is 0 Å². The highest BCUT2D eigenvalue weighted by Crippen LogP contribution is 1.86. The van der Waals surface area contributed by atoms with Crippen molar-refractivity contribution >= 4 is 12.5 Å². The smallest absolute Gasteiger partial charge is 0.131 e. The second kappa shape index (κ2) is 12.3. The molecule has 4 heteroatoms. The number of carbonyl (C=O) groups excluding carboxylic acids is 1. The Morgan fingerprint density at radius 2 is 1.62 bits per heavy atom. The molecule has 4 nitrogen and oxygen atoms in total. The van der Waals surface area contributed by atoms with Crippen molar-refractivity contribution in [2.45, 2.75) is 32.6 Å². The molecule has 0 rings (SSSR count). The van der Waals surface area contributed by atoms with E-state index in [1.54, 1.807) is 6.92 Å². The Labute approximate surface area is 98.9 Å². The fraction of sp³-hybridized carbons (Fsp3) is 0.833. The molecule has 0 saturated carbocycles. The second-order valence-corrected chi connectivity index (χ2v) is 3.96. The highest BCUT2D eigenvalue weighted by Gasteiger charge is 1.93. The lowest BCUT2D eigenvalue weighted by Crippen LogP contribution is -2.21. The van der Waals surface area contributed by atoms with Gasteiger partial charge in [0.15, 0.2) is 0 Å². The van der Waals surface area contributed by atoms with E-state index in [-0.39, 0.29) is 5.78 Å². The van der Waals surface area contributed by atoms with E-state index in [1.807, 2.05) is 0 Å². The topological polar surface area (TPSA) is 53.5 Å². The lowest BCUT2D eigenvalue weighted by atomic mass is 10.3. The van der Waals surface area contributed by atoms with Crippen LogP contribution in [-0.4, -0.2) is 45.2 Å². The summed E-state index contributed by atoms with van der Waals surface area (Å²) in [6.07, 6.45) is 4.05. The van der Waals surface area contributed by atoms with E-state index in [9.17, 15) is 4.79 Å². The van der Waals surface area contributed by atoms with E-state index in [2.05, 4.69) is 22.3 Å². The zero-order chi connectivity index (χ0) is 12.1. The van der Waals surface area contributed by atoms with Crippen molar-refractivity contribution in [3.8, 4) is 0 Å². The number of Topliss-reactive ketones (excluding diaryl/α,β-unsaturated/α-hetero) is 1. The summed E-state index contributed by atoms with van der Waals surface area (Å²) in [5.41, 5.74) is 0. The SMILES string of the molecule is C=NCCCNCCCCNCCC(C)=O. The second-order valence-electron chi connectivity index (χ2n) is 3.96. The molecule has 0 fully saturated rings. The Balaban J connectivity index is 2.93. The molecule has 0 atom stereocenters. The maximum atomic E-state index is 10.6. The van der Waals surface area contributed by atoms with Crippen LogP contribution in [0.25, 0.3) is 0 Å². The Kier molecular flexibility index (Phi) is 11.8. The van der Waals surface area contributed by atoms with Crippen molar-refractivity contribution in [3.05, 3.63) is 0 Å². The normalized spacial score (nSPS) is 10.3. The van der Waals surface area contributed by atoms with E-state index in [4.69, 9.17) is 0 Å². The monoisotopic (exact) mass is 227 g/mol. The van der Waals surface area contributed by atoms with Gasteiger partial charge in [0.2, 0.25) is 0 Å². The van der Waals surface area contributed by atoms with Gasteiger partial charge in [-0.15, -0.1) is 0 Å². The highest BCUT2D eigenvalue weighted by atomic mass is 16.1. The Morgan fingerprint density at radius 3 is 2.19 bits per heavy atom. The van der Waals surface area contributed by atoms with Crippen LogP contribution in [0.15, 0.2) is 4.99 Å². The molecule has 0 aliphatic rings. The van der Waals surface area contributed by atoms with Crippen molar-refractivity contribution in [3.63, 3.8) is 0 Å². The van der Waals surface area contributed by atoms with Crippen LogP contribution in [0.3, 0.4) is 0 Å². The van der Waals surface area contributed by atoms with Crippen molar-refractivity contribution < 1.29 is 4.79 Å². The van der Waals surface area contributed by atoms with Crippen molar-refractivity contribution in [1.29, 1.82) is 0 Å². The molecule has 0 aromatic rings.